The minimum atomic E-state index is -0.246. The molecule has 3 aromatic rings. The quantitative estimate of drug-likeness (QED) is 0.777. The van der Waals surface area contributed by atoms with Gasteiger partial charge in [0.2, 0.25) is 5.88 Å². The summed E-state index contributed by atoms with van der Waals surface area (Å²) in [6, 6.07) is 10.2. The highest BCUT2D eigenvalue weighted by atomic mass is 19.1. The maximum Gasteiger partial charge on any atom is 0.238 e. The molecule has 19 heavy (non-hydrogen) atoms. The fraction of sp³-hybridized carbons (Fsp3) is 0.133. The van der Waals surface area contributed by atoms with Gasteiger partial charge in [0, 0.05) is 17.3 Å². The van der Waals surface area contributed by atoms with E-state index in [0.717, 1.165) is 22.2 Å². The molecule has 0 spiro atoms. The van der Waals surface area contributed by atoms with Crippen molar-refractivity contribution in [3.05, 3.63) is 59.7 Å². The molecule has 4 heteroatoms. The molecular weight excluding hydrogens is 243 g/mol. The van der Waals surface area contributed by atoms with E-state index >= 15 is 0 Å². The number of halogens is 1. The zero-order valence-corrected chi connectivity index (χ0v) is 10.5. The average molecular weight is 256 g/mol. The number of aryl methyl sites for hydroxylation is 1. The number of nitrogens with zero attached hydrogens (tertiary/aromatic N) is 1. The summed E-state index contributed by atoms with van der Waals surface area (Å²) >= 11 is 0. The van der Waals surface area contributed by atoms with Crippen LogP contribution >= 0.6 is 0 Å². The molecule has 0 unspecified atom stereocenters. The summed E-state index contributed by atoms with van der Waals surface area (Å²) in [4.78, 5) is 7.45. The van der Waals surface area contributed by atoms with E-state index in [4.69, 9.17) is 4.74 Å². The monoisotopic (exact) mass is 256 g/mol. The minimum Gasteiger partial charge on any atom is -0.471 e. The van der Waals surface area contributed by atoms with Crippen LogP contribution in [0.3, 0.4) is 0 Å². The Balaban J connectivity index is 1.83. The molecule has 0 saturated carbocycles. The predicted octanol–water partition coefficient (Wildman–Crippen LogP) is 3.59. The lowest BCUT2D eigenvalue weighted by molar-refractivity contribution is 0.297. The first kappa shape index (κ1) is 11.7. The Morgan fingerprint density at radius 3 is 2.79 bits per heavy atom. The van der Waals surface area contributed by atoms with Gasteiger partial charge in [0.1, 0.15) is 17.9 Å². The van der Waals surface area contributed by atoms with Crippen LogP contribution in [0.2, 0.25) is 0 Å². The van der Waals surface area contributed by atoms with Gasteiger partial charge in [-0.15, -0.1) is 0 Å². The molecule has 0 amide bonds. The van der Waals surface area contributed by atoms with Gasteiger partial charge in [-0.25, -0.2) is 9.37 Å². The van der Waals surface area contributed by atoms with Crippen molar-refractivity contribution < 1.29 is 9.13 Å². The number of H-pyrrole nitrogens is 1. The largest absolute Gasteiger partial charge is 0.471 e. The summed E-state index contributed by atoms with van der Waals surface area (Å²) < 4.78 is 18.5. The van der Waals surface area contributed by atoms with Crippen LogP contribution in [0.25, 0.3) is 10.9 Å². The molecule has 2 heterocycles. The van der Waals surface area contributed by atoms with Gasteiger partial charge < -0.3 is 9.72 Å². The van der Waals surface area contributed by atoms with Gasteiger partial charge in [-0.05, 0) is 36.8 Å². The molecule has 1 aromatic carbocycles. The highest BCUT2D eigenvalue weighted by Crippen LogP contribution is 2.23. The van der Waals surface area contributed by atoms with E-state index in [0.29, 0.717) is 12.5 Å². The normalized spacial score (nSPS) is 10.8. The highest BCUT2D eigenvalue weighted by Gasteiger charge is 2.06. The van der Waals surface area contributed by atoms with Crippen LogP contribution in [0.4, 0.5) is 4.39 Å². The number of aromatic nitrogens is 2. The zero-order valence-electron chi connectivity index (χ0n) is 10.5. The van der Waals surface area contributed by atoms with Crippen LogP contribution in [0.5, 0.6) is 5.88 Å². The Kier molecular flexibility index (Phi) is 2.91. The van der Waals surface area contributed by atoms with E-state index < -0.39 is 0 Å². The standard InChI is InChI=1S/C15H13FN2O/c1-10-8-12-6-7-17-15(14(12)18-10)19-9-11-2-4-13(16)5-3-11/h2-8,18H,9H2,1H3. The van der Waals surface area contributed by atoms with Crippen molar-refractivity contribution in [2.24, 2.45) is 0 Å². The number of nitrogens with one attached hydrogen (secondary N) is 1. The fourth-order valence-corrected chi connectivity index (χ4v) is 2.01. The molecular formula is C15H13FN2O. The summed E-state index contributed by atoms with van der Waals surface area (Å²) in [5, 5.41) is 1.07. The number of rotatable bonds is 3. The number of hydrogen-bond donors (Lipinski definition) is 1. The molecule has 0 radical (unpaired) electrons. The van der Waals surface area contributed by atoms with Crippen molar-refractivity contribution in [3.8, 4) is 5.88 Å². The smallest absolute Gasteiger partial charge is 0.238 e. The SMILES string of the molecule is Cc1cc2ccnc(OCc3ccc(F)cc3)c2[nH]1. The Morgan fingerprint density at radius 1 is 1.21 bits per heavy atom. The Labute approximate surface area is 110 Å². The van der Waals surface area contributed by atoms with Crippen molar-refractivity contribution in [2.75, 3.05) is 0 Å². The molecule has 3 nitrogen and oxygen atoms in total. The Morgan fingerprint density at radius 2 is 2.00 bits per heavy atom. The van der Waals surface area contributed by atoms with Crippen LogP contribution < -0.4 is 4.74 Å². The summed E-state index contributed by atoms with van der Waals surface area (Å²) in [6.07, 6.45) is 1.72. The van der Waals surface area contributed by atoms with E-state index in [9.17, 15) is 4.39 Å². The van der Waals surface area contributed by atoms with Crippen molar-refractivity contribution in [2.45, 2.75) is 13.5 Å². The molecule has 0 fully saturated rings. The number of hydrogen-bond acceptors (Lipinski definition) is 2. The lowest BCUT2D eigenvalue weighted by atomic mass is 10.2. The fourth-order valence-electron chi connectivity index (χ4n) is 2.01. The first-order chi connectivity index (χ1) is 9.22. The van der Waals surface area contributed by atoms with E-state index in [-0.39, 0.29) is 5.82 Å². The van der Waals surface area contributed by atoms with Crippen LogP contribution in [-0.4, -0.2) is 9.97 Å². The van der Waals surface area contributed by atoms with Crippen molar-refractivity contribution >= 4 is 10.9 Å². The second-order valence-corrected chi connectivity index (χ2v) is 4.45. The molecule has 0 saturated heterocycles. The van der Waals surface area contributed by atoms with Gasteiger partial charge in [-0.1, -0.05) is 12.1 Å². The third-order valence-corrected chi connectivity index (χ3v) is 2.93. The molecule has 3 rings (SSSR count). The lowest BCUT2D eigenvalue weighted by Crippen LogP contribution is -1.97. The second kappa shape index (κ2) is 4.72. The summed E-state index contributed by atoms with van der Waals surface area (Å²) in [5.41, 5.74) is 2.86. The molecule has 96 valence electrons. The van der Waals surface area contributed by atoms with E-state index in [1.165, 1.54) is 12.1 Å². The van der Waals surface area contributed by atoms with Crippen LogP contribution in [0.1, 0.15) is 11.3 Å². The van der Waals surface area contributed by atoms with Gasteiger partial charge >= 0.3 is 0 Å². The molecule has 2 aromatic heterocycles. The first-order valence-electron chi connectivity index (χ1n) is 6.04. The van der Waals surface area contributed by atoms with Gasteiger partial charge in [0.05, 0.1) is 0 Å². The van der Waals surface area contributed by atoms with Crippen LogP contribution in [-0.2, 0) is 6.61 Å². The highest BCUT2D eigenvalue weighted by molar-refractivity contribution is 5.84. The molecule has 0 aliphatic heterocycles. The van der Waals surface area contributed by atoms with Gasteiger partial charge in [-0.2, -0.15) is 0 Å². The third-order valence-electron chi connectivity index (χ3n) is 2.93. The van der Waals surface area contributed by atoms with Crippen molar-refractivity contribution in [1.29, 1.82) is 0 Å². The Bertz CT molecular complexity index is 704. The molecule has 0 atom stereocenters. The molecule has 0 bridgehead atoms. The maximum absolute atomic E-state index is 12.8. The summed E-state index contributed by atoms with van der Waals surface area (Å²) in [5.74, 6) is 0.318. The third kappa shape index (κ3) is 2.42. The number of ether oxygens (including phenoxy) is 1. The number of pyridine rings is 1. The number of benzene rings is 1. The summed E-state index contributed by atoms with van der Waals surface area (Å²) in [7, 11) is 0. The lowest BCUT2D eigenvalue weighted by Gasteiger charge is -2.06. The Hall–Kier alpha value is -2.36. The molecule has 0 aliphatic carbocycles. The van der Waals surface area contributed by atoms with Gasteiger partial charge in [0.25, 0.3) is 0 Å². The van der Waals surface area contributed by atoms with Crippen molar-refractivity contribution in [3.63, 3.8) is 0 Å². The minimum absolute atomic E-state index is 0.246. The zero-order chi connectivity index (χ0) is 13.2. The maximum atomic E-state index is 12.8. The summed E-state index contributed by atoms with van der Waals surface area (Å²) in [6.45, 7) is 2.36. The number of fused-ring (bicyclic) bond motifs is 1. The predicted molar refractivity (Wildman–Crippen MR) is 71.6 cm³/mol. The van der Waals surface area contributed by atoms with Crippen LogP contribution in [0, 0.1) is 12.7 Å². The van der Waals surface area contributed by atoms with Gasteiger partial charge in [-0.3, -0.25) is 0 Å². The molecule has 1 N–H and O–H groups in total. The van der Waals surface area contributed by atoms with E-state index in [1.54, 1.807) is 18.3 Å². The molecule has 0 aliphatic rings. The first-order valence-corrected chi connectivity index (χ1v) is 6.04. The topological polar surface area (TPSA) is 37.9 Å². The van der Waals surface area contributed by atoms with Crippen LogP contribution in [0.15, 0.2) is 42.6 Å². The van der Waals surface area contributed by atoms with E-state index in [1.807, 2.05) is 19.1 Å². The number of aromatic amines is 1. The second-order valence-electron chi connectivity index (χ2n) is 4.45. The average Bonchev–Trinajstić information content (AvgIpc) is 2.79. The van der Waals surface area contributed by atoms with E-state index in [2.05, 4.69) is 9.97 Å². The van der Waals surface area contributed by atoms with Crippen molar-refractivity contribution in [1.82, 2.24) is 9.97 Å². The van der Waals surface area contributed by atoms with Gasteiger partial charge in [0.15, 0.2) is 0 Å².